The first-order chi connectivity index (χ1) is 9.20. The van der Waals surface area contributed by atoms with Gasteiger partial charge in [0.15, 0.2) is 11.5 Å². The normalized spacial score (nSPS) is 12.5. The second-order valence-electron chi connectivity index (χ2n) is 4.02. The van der Waals surface area contributed by atoms with Crippen molar-refractivity contribution in [2.24, 2.45) is 0 Å². The number of fused-ring (bicyclic) bond motifs is 1. The molecule has 0 spiro atoms. The number of carbonyl (C=O) groups excluding carboxylic acids is 1. The zero-order valence-electron chi connectivity index (χ0n) is 10.4. The molecule has 1 aliphatic heterocycles. The molecule has 0 N–H and O–H groups in total. The van der Waals surface area contributed by atoms with Crippen LogP contribution in [-0.4, -0.2) is 25.0 Å². The van der Waals surface area contributed by atoms with Gasteiger partial charge >= 0.3 is 5.97 Å². The van der Waals surface area contributed by atoms with Crippen LogP contribution in [0, 0.1) is 6.92 Å². The number of nitrogens with zero attached hydrogens (tertiary/aromatic N) is 1. The number of hydrogen-bond donors (Lipinski definition) is 0. The van der Waals surface area contributed by atoms with Crippen molar-refractivity contribution in [3.8, 4) is 22.8 Å². The van der Waals surface area contributed by atoms with E-state index in [-0.39, 0.29) is 6.79 Å². The van der Waals surface area contributed by atoms with Gasteiger partial charge in [0, 0.05) is 5.56 Å². The molecule has 2 aromatic rings. The summed E-state index contributed by atoms with van der Waals surface area (Å²) in [5, 5.41) is 3.91. The van der Waals surface area contributed by atoms with Crippen molar-refractivity contribution >= 4 is 5.97 Å². The lowest BCUT2D eigenvalue weighted by Gasteiger charge is -2.02. The number of carbonyl (C=O) groups is 1. The summed E-state index contributed by atoms with van der Waals surface area (Å²) >= 11 is 0. The van der Waals surface area contributed by atoms with Crippen LogP contribution in [0.4, 0.5) is 0 Å². The zero-order chi connectivity index (χ0) is 13.4. The van der Waals surface area contributed by atoms with E-state index in [2.05, 4.69) is 5.16 Å². The first kappa shape index (κ1) is 11.6. The van der Waals surface area contributed by atoms with Gasteiger partial charge < -0.3 is 18.7 Å². The molecule has 6 nitrogen and oxygen atoms in total. The van der Waals surface area contributed by atoms with Crippen molar-refractivity contribution < 1.29 is 23.5 Å². The van der Waals surface area contributed by atoms with Gasteiger partial charge in [-0.3, -0.25) is 0 Å². The minimum Gasteiger partial charge on any atom is -0.465 e. The predicted octanol–water partition coefficient (Wildman–Crippen LogP) is 2.17. The number of benzene rings is 1. The van der Waals surface area contributed by atoms with E-state index in [1.165, 1.54) is 7.11 Å². The molecule has 98 valence electrons. The Kier molecular flexibility index (Phi) is 2.63. The minimum atomic E-state index is -0.480. The Balaban J connectivity index is 2.10. The lowest BCUT2D eigenvalue weighted by atomic mass is 10.1. The fourth-order valence-electron chi connectivity index (χ4n) is 1.96. The fraction of sp³-hybridized carbons (Fsp3) is 0.231. The lowest BCUT2D eigenvalue weighted by molar-refractivity contribution is 0.0599. The van der Waals surface area contributed by atoms with Gasteiger partial charge in [-0.1, -0.05) is 5.16 Å². The molecule has 0 saturated carbocycles. The van der Waals surface area contributed by atoms with Crippen LogP contribution >= 0.6 is 0 Å². The molecule has 3 rings (SSSR count). The van der Waals surface area contributed by atoms with Gasteiger partial charge in [0.2, 0.25) is 6.79 Å². The number of methoxy groups -OCH3 is 1. The third-order valence-corrected chi connectivity index (χ3v) is 2.90. The van der Waals surface area contributed by atoms with Gasteiger partial charge in [0.25, 0.3) is 0 Å². The molecule has 0 atom stereocenters. The molecule has 19 heavy (non-hydrogen) atoms. The number of aromatic nitrogens is 1. The second kappa shape index (κ2) is 4.31. The molecular weight excluding hydrogens is 250 g/mol. The van der Waals surface area contributed by atoms with Gasteiger partial charge in [-0.25, -0.2) is 4.79 Å². The van der Waals surface area contributed by atoms with Crippen LogP contribution in [0.1, 0.15) is 16.1 Å². The Morgan fingerprint density at radius 3 is 2.89 bits per heavy atom. The predicted molar refractivity (Wildman–Crippen MR) is 64.1 cm³/mol. The molecule has 1 aromatic heterocycles. The second-order valence-corrected chi connectivity index (χ2v) is 4.02. The van der Waals surface area contributed by atoms with E-state index >= 15 is 0 Å². The van der Waals surface area contributed by atoms with E-state index in [4.69, 9.17) is 18.7 Å². The highest BCUT2D eigenvalue weighted by atomic mass is 16.7. The molecule has 0 bridgehead atoms. The fourth-order valence-corrected chi connectivity index (χ4v) is 1.96. The van der Waals surface area contributed by atoms with E-state index in [0.717, 1.165) is 0 Å². The molecule has 2 heterocycles. The number of aryl methyl sites for hydroxylation is 1. The van der Waals surface area contributed by atoms with Crippen LogP contribution in [0.2, 0.25) is 0 Å². The zero-order valence-corrected chi connectivity index (χ0v) is 10.4. The van der Waals surface area contributed by atoms with Crippen LogP contribution in [0.15, 0.2) is 22.7 Å². The highest BCUT2D eigenvalue weighted by Gasteiger charge is 2.24. The number of esters is 1. The summed E-state index contributed by atoms with van der Waals surface area (Å²) in [6.45, 7) is 1.86. The van der Waals surface area contributed by atoms with Crippen molar-refractivity contribution in [1.82, 2.24) is 5.16 Å². The molecule has 1 aromatic carbocycles. The number of ether oxygens (including phenoxy) is 3. The van der Waals surface area contributed by atoms with E-state index in [9.17, 15) is 4.79 Å². The summed E-state index contributed by atoms with van der Waals surface area (Å²) < 4.78 is 20.3. The Morgan fingerprint density at radius 2 is 2.11 bits per heavy atom. The van der Waals surface area contributed by atoms with Crippen molar-refractivity contribution in [1.29, 1.82) is 0 Å². The third-order valence-electron chi connectivity index (χ3n) is 2.90. The van der Waals surface area contributed by atoms with Gasteiger partial charge in [-0.2, -0.15) is 0 Å². The molecule has 0 saturated heterocycles. The van der Waals surface area contributed by atoms with Gasteiger partial charge in [-0.15, -0.1) is 0 Å². The third kappa shape index (κ3) is 1.81. The monoisotopic (exact) mass is 261 g/mol. The molecule has 0 unspecified atom stereocenters. The standard InChI is InChI=1S/C13H11NO5/c1-7-11(13(15)16-2)12(14-19-7)8-3-4-9-10(5-8)18-6-17-9/h3-5H,6H2,1-2H3. The van der Waals surface area contributed by atoms with Crippen LogP contribution in [0.3, 0.4) is 0 Å². The highest BCUT2D eigenvalue weighted by molar-refractivity contribution is 5.97. The van der Waals surface area contributed by atoms with E-state index in [1.807, 2.05) is 0 Å². The van der Waals surface area contributed by atoms with Gasteiger partial charge in [0.1, 0.15) is 17.0 Å². The van der Waals surface area contributed by atoms with Crippen molar-refractivity contribution in [3.05, 3.63) is 29.5 Å². The first-order valence-electron chi connectivity index (χ1n) is 5.65. The van der Waals surface area contributed by atoms with Crippen molar-refractivity contribution in [2.75, 3.05) is 13.9 Å². The summed E-state index contributed by atoms with van der Waals surface area (Å²) in [6, 6.07) is 5.31. The number of rotatable bonds is 2. The highest BCUT2D eigenvalue weighted by Crippen LogP contribution is 2.37. The topological polar surface area (TPSA) is 70.8 Å². The van der Waals surface area contributed by atoms with Crippen molar-refractivity contribution in [3.63, 3.8) is 0 Å². The quantitative estimate of drug-likeness (QED) is 0.771. The van der Waals surface area contributed by atoms with Crippen molar-refractivity contribution in [2.45, 2.75) is 6.92 Å². The van der Waals surface area contributed by atoms with Gasteiger partial charge in [-0.05, 0) is 25.1 Å². The summed E-state index contributed by atoms with van der Waals surface area (Å²) in [7, 11) is 1.32. The Bertz CT molecular complexity index is 646. The Morgan fingerprint density at radius 1 is 1.32 bits per heavy atom. The number of hydrogen-bond acceptors (Lipinski definition) is 6. The van der Waals surface area contributed by atoms with E-state index < -0.39 is 5.97 Å². The lowest BCUT2D eigenvalue weighted by Crippen LogP contribution is -2.03. The Hall–Kier alpha value is -2.50. The molecule has 1 aliphatic rings. The molecule has 0 fully saturated rings. The molecule has 0 radical (unpaired) electrons. The summed E-state index contributed by atoms with van der Waals surface area (Å²) in [5.74, 6) is 1.23. The van der Waals surface area contributed by atoms with Crippen LogP contribution in [0.25, 0.3) is 11.3 Å². The van der Waals surface area contributed by atoms with E-state index in [1.54, 1.807) is 25.1 Å². The Labute approximate surface area is 108 Å². The summed E-state index contributed by atoms with van der Waals surface area (Å²) in [4.78, 5) is 11.7. The largest absolute Gasteiger partial charge is 0.465 e. The summed E-state index contributed by atoms with van der Waals surface area (Å²) in [5.41, 5.74) is 1.46. The SMILES string of the molecule is COC(=O)c1c(-c2ccc3c(c2)OCO3)noc1C. The molecule has 0 aliphatic carbocycles. The first-order valence-corrected chi connectivity index (χ1v) is 5.65. The van der Waals surface area contributed by atoms with Crippen LogP contribution in [-0.2, 0) is 4.74 Å². The smallest absolute Gasteiger partial charge is 0.343 e. The maximum Gasteiger partial charge on any atom is 0.343 e. The average molecular weight is 261 g/mol. The minimum absolute atomic E-state index is 0.195. The van der Waals surface area contributed by atoms with Crippen LogP contribution in [0.5, 0.6) is 11.5 Å². The maximum atomic E-state index is 11.7. The maximum absolute atomic E-state index is 11.7. The van der Waals surface area contributed by atoms with Crippen LogP contribution < -0.4 is 9.47 Å². The molecule has 6 heteroatoms. The average Bonchev–Trinajstić information content (AvgIpc) is 3.03. The molecular formula is C13H11NO5. The van der Waals surface area contributed by atoms with E-state index in [0.29, 0.717) is 34.1 Å². The molecule has 0 amide bonds. The summed E-state index contributed by atoms with van der Waals surface area (Å²) in [6.07, 6.45) is 0. The van der Waals surface area contributed by atoms with Gasteiger partial charge in [0.05, 0.1) is 7.11 Å².